The number of rotatable bonds is 2. The number of anilines is 3. The number of nitrogen functional groups attached to an aromatic ring is 2. The highest BCUT2D eigenvalue weighted by molar-refractivity contribution is 6.09. The summed E-state index contributed by atoms with van der Waals surface area (Å²) in [6.07, 6.45) is -0.529. The number of nitrogens with one attached hydrogen (secondary N) is 1. The largest absolute Gasteiger partial charge is 0.450 e. The maximum atomic E-state index is 11.5. The minimum Gasteiger partial charge on any atom is -0.450 e. The fraction of sp³-hybridized carbons (Fsp3) is 0.154. The van der Waals surface area contributed by atoms with Crippen molar-refractivity contribution in [3.05, 3.63) is 30.3 Å². The summed E-state index contributed by atoms with van der Waals surface area (Å²) in [5.74, 6) is 0. The lowest BCUT2D eigenvalue weighted by atomic mass is 10.1. The zero-order chi connectivity index (χ0) is 13.1. The second-order valence-corrected chi connectivity index (χ2v) is 3.82. The Labute approximate surface area is 105 Å². The number of benzene rings is 2. The maximum Gasteiger partial charge on any atom is 0.411 e. The van der Waals surface area contributed by atoms with Crippen molar-refractivity contribution in [2.75, 3.05) is 23.4 Å². The van der Waals surface area contributed by atoms with Gasteiger partial charge >= 0.3 is 6.09 Å². The standard InChI is InChI=1S/C13H15N3O2/c1-2-18-13(17)16-12-9-6-4-3-5-8(9)10(14)7-11(12)15/h3-7H,2,14-15H2,1H3,(H,16,17). The molecule has 0 spiro atoms. The molecule has 5 heteroatoms. The second-order valence-electron chi connectivity index (χ2n) is 3.82. The molecular weight excluding hydrogens is 230 g/mol. The Bertz CT molecular complexity index is 596. The first-order valence-corrected chi connectivity index (χ1v) is 5.64. The fourth-order valence-corrected chi connectivity index (χ4v) is 1.83. The van der Waals surface area contributed by atoms with Crippen LogP contribution in [0.25, 0.3) is 10.8 Å². The highest BCUT2D eigenvalue weighted by Crippen LogP contribution is 2.33. The van der Waals surface area contributed by atoms with Gasteiger partial charge < -0.3 is 16.2 Å². The van der Waals surface area contributed by atoms with Gasteiger partial charge in [0.15, 0.2) is 0 Å². The van der Waals surface area contributed by atoms with Crippen molar-refractivity contribution in [2.24, 2.45) is 0 Å². The van der Waals surface area contributed by atoms with E-state index >= 15 is 0 Å². The highest BCUT2D eigenvalue weighted by atomic mass is 16.5. The molecule has 94 valence electrons. The minimum absolute atomic E-state index is 0.304. The van der Waals surface area contributed by atoms with Gasteiger partial charge in [0, 0.05) is 16.5 Å². The molecule has 2 rings (SSSR count). The molecule has 2 aromatic carbocycles. The lowest BCUT2D eigenvalue weighted by molar-refractivity contribution is 0.168. The molecule has 0 aromatic heterocycles. The van der Waals surface area contributed by atoms with E-state index in [4.69, 9.17) is 16.2 Å². The smallest absolute Gasteiger partial charge is 0.411 e. The molecule has 0 aliphatic carbocycles. The number of fused-ring (bicyclic) bond motifs is 1. The third-order valence-corrected chi connectivity index (χ3v) is 2.61. The van der Waals surface area contributed by atoms with Crippen LogP contribution >= 0.6 is 0 Å². The summed E-state index contributed by atoms with van der Waals surface area (Å²) in [6, 6.07) is 9.09. The fourth-order valence-electron chi connectivity index (χ4n) is 1.83. The van der Waals surface area contributed by atoms with Crippen molar-refractivity contribution in [1.29, 1.82) is 0 Å². The first-order valence-electron chi connectivity index (χ1n) is 5.64. The van der Waals surface area contributed by atoms with E-state index in [0.717, 1.165) is 10.8 Å². The molecular formula is C13H15N3O2. The normalized spacial score (nSPS) is 10.3. The molecule has 0 heterocycles. The van der Waals surface area contributed by atoms with Crippen LogP contribution in [-0.2, 0) is 4.74 Å². The molecule has 0 fully saturated rings. The van der Waals surface area contributed by atoms with E-state index in [9.17, 15) is 4.79 Å². The van der Waals surface area contributed by atoms with E-state index < -0.39 is 6.09 Å². The molecule has 18 heavy (non-hydrogen) atoms. The zero-order valence-corrected chi connectivity index (χ0v) is 10.1. The number of hydrogen-bond donors (Lipinski definition) is 3. The van der Waals surface area contributed by atoms with Gasteiger partial charge in [-0.3, -0.25) is 5.32 Å². The molecule has 0 aliphatic heterocycles. The Balaban J connectivity index is 2.52. The monoisotopic (exact) mass is 245 g/mol. The number of amides is 1. The molecule has 5 N–H and O–H groups in total. The van der Waals surface area contributed by atoms with Gasteiger partial charge in [-0.15, -0.1) is 0 Å². The summed E-state index contributed by atoms with van der Waals surface area (Å²) in [7, 11) is 0. The zero-order valence-electron chi connectivity index (χ0n) is 10.1. The van der Waals surface area contributed by atoms with E-state index in [1.165, 1.54) is 0 Å². The van der Waals surface area contributed by atoms with E-state index in [1.807, 2.05) is 24.3 Å². The highest BCUT2D eigenvalue weighted by Gasteiger charge is 2.11. The molecule has 0 saturated heterocycles. The third kappa shape index (κ3) is 2.15. The summed E-state index contributed by atoms with van der Waals surface area (Å²) in [5, 5.41) is 4.28. The molecule has 0 aliphatic rings. The van der Waals surface area contributed by atoms with E-state index in [1.54, 1.807) is 13.0 Å². The first kappa shape index (κ1) is 12.0. The van der Waals surface area contributed by atoms with Crippen LogP contribution in [0.1, 0.15) is 6.92 Å². The average Bonchev–Trinajstić information content (AvgIpc) is 2.35. The molecule has 1 amide bonds. The Morgan fingerprint density at radius 3 is 2.56 bits per heavy atom. The van der Waals surface area contributed by atoms with Crippen LogP contribution in [0.4, 0.5) is 21.9 Å². The third-order valence-electron chi connectivity index (χ3n) is 2.61. The van der Waals surface area contributed by atoms with Gasteiger partial charge in [0.2, 0.25) is 0 Å². The van der Waals surface area contributed by atoms with Gasteiger partial charge in [-0.25, -0.2) is 4.79 Å². The average molecular weight is 245 g/mol. The molecule has 2 aromatic rings. The molecule has 5 nitrogen and oxygen atoms in total. The van der Waals surface area contributed by atoms with Crippen molar-refractivity contribution in [1.82, 2.24) is 0 Å². The molecule has 0 radical (unpaired) electrons. The van der Waals surface area contributed by atoms with Crippen LogP contribution in [0.5, 0.6) is 0 Å². The van der Waals surface area contributed by atoms with Crippen molar-refractivity contribution in [3.8, 4) is 0 Å². The predicted octanol–water partition coefficient (Wildman–Crippen LogP) is 2.57. The summed E-state index contributed by atoms with van der Waals surface area (Å²) in [6.45, 7) is 2.04. The Morgan fingerprint density at radius 1 is 1.22 bits per heavy atom. The summed E-state index contributed by atoms with van der Waals surface area (Å²) in [5.41, 5.74) is 13.3. The minimum atomic E-state index is -0.529. The topological polar surface area (TPSA) is 90.4 Å². The second kappa shape index (κ2) is 4.83. The molecule has 0 bridgehead atoms. The van der Waals surface area contributed by atoms with Gasteiger partial charge in [0.25, 0.3) is 0 Å². The van der Waals surface area contributed by atoms with Crippen LogP contribution in [0.15, 0.2) is 30.3 Å². The Hall–Kier alpha value is -2.43. The van der Waals surface area contributed by atoms with Gasteiger partial charge in [-0.05, 0) is 13.0 Å². The predicted molar refractivity (Wildman–Crippen MR) is 73.4 cm³/mol. The number of ether oxygens (including phenoxy) is 1. The van der Waals surface area contributed by atoms with Crippen molar-refractivity contribution in [3.63, 3.8) is 0 Å². The SMILES string of the molecule is CCOC(=O)Nc1c(N)cc(N)c2ccccc12. The van der Waals surface area contributed by atoms with Crippen molar-refractivity contribution < 1.29 is 9.53 Å². The number of carbonyl (C=O) groups is 1. The molecule has 0 unspecified atom stereocenters. The number of carbonyl (C=O) groups excluding carboxylic acids is 1. The first-order chi connectivity index (χ1) is 8.63. The molecule has 0 saturated carbocycles. The van der Waals surface area contributed by atoms with Gasteiger partial charge in [0.05, 0.1) is 18.0 Å². The van der Waals surface area contributed by atoms with E-state index in [-0.39, 0.29) is 0 Å². The van der Waals surface area contributed by atoms with Crippen LogP contribution in [0, 0.1) is 0 Å². The number of hydrogen-bond acceptors (Lipinski definition) is 4. The van der Waals surface area contributed by atoms with Gasteiger partial charge in [-0.1, -0.05) is 24.3 Å². The lowest BCUT2D eigenvalue weighted by Crippen LogP contribution is -2.15. The summed E-state index contributed by atoms with van der Waals surface area (Å²) >= 11 is 0. The van der Waals surface area contributed by atoms with Gasteiger partial charge in [-0.2, -0.15) is 0 Å². The summed E-state index contributed by atoms with van der Waals surface area (Å²) < 4.78 is 4.84. The Kier molecular flexibility index (Phi) is 3.23. The maximum absolute atomic E-state index is 11.5. The van der Waals surface area contributed by atoms with Gasteiger partial charge in [0.1, 0.15) is 0 Å². The lowest BCUT2D eigenvalue weighted by Gasteiger charge is -2.13. The summed E-state index contributed by atoms with van der Waals surface area (Å²) in [4.78, 5) is 11.5. The molecule has 0 atom stereocenters. The van der Waals surface area contributed by atoms with E-state index in [2.05, 4.69) is 5.32 Å². The quantitative estimate of drug-likeness (QED) is 0.709. The number of nitrogens with two attached hydrogens (primary N) is 2. The van der Waals surface area contributed by atoms with Crippen LogP contribution in [-0.4, -0.2) is 12.7 Å². The van der Waals surface area contributed by atoms with Crippen LogP contribution in [0.2, 0.25) is 0 Å². The van der Waals surface area contributed by atoms with Crippen LogP contribution < -0.4 is 16.8 Å². The van der Waals surface area contributed by atoms with Crippen molar-refractivity contribution >= 4 is 33.9 Å². The van der Waals surface area contributed by atoms with Crippen LogP contribution in [0.3, 0.4) is 0 Å². The van der Waals surface area contributed by atoms with Crippen molar-refractivity contribution in [2.45, 2.75) is 6.92 Å². The Morgan fingerprint density at radius 2 is 1.89 bits per heavy atom. The van der Waals surface area contributed by atoms with E-state index in [0.29, 0.717) is 23.7 Å².